The molecule has 0 fully saturated rings. The quantitative estimate of drug-likeness (QED) is 0.475. The van der Waals surface area contributed by atoms with E-state index in [-0.39, 0.29) is 17.9 Å². The van der Waals surface area contributed by atoms with Crippen molar-refractivity contribution in [3.8, 4) is 0 Å². The number of nitrogens with one attached hydrogen (secondary N) is 4. The van der Waals surface area contributed by atoms with E-state index in [9.17, 15) is 9.59 Å². The van der Waals surface area contributed by atoms with E-state index in [4.69, 9.17) is 5.73 Å². The highest BCUT2D eigenvalue weighted by Gasteiger charge is 2.17. The molecular formula is C19H28N8O2. The average molecular weight is 400 g/mol. The van der Waals surface area contributed by atoms with Crippen LogP contribution < -0.4 is 27.0 Å². The second-order valence-corrected chi connectivity index (χ2v) is 7.21. The lowest BCUT2D eigenvalue weighted by molar-refractivity contribution is 0.0941. The second kappa shape index (κ2) is 8.72. The lowest BCUT2D eigenvalue weighted by Gasteiger charge is -2.21. The van der Waals surface area contributed by atoms with Crippen LogP contribution >= 0.6 is 0 Å². The molecule has 0 saturated heterocycles. The van der Waals surface area contributed by atoms with E-state index < -0.39 is 0 Å². The number of aryl methyl sites for hydroxylation is 2. The maximum Gasteiger partial charge on any atom is 0.272 e. The fourth-order valence-electron chi connectivity index (χ4n) is 3.12. The van der Waals surface area contributed by atoms with Crippen LogP contribution in [0.25, 0.3) is 0 Å². The molecule has 0 bridgehead atoms. The Bertz CT molecular complexity index is 927. The van der Waals surface area contributed by atoms with Gasteiger partial charge in [0.1, 0.15) is 11.4 Å². The first kappa shape index (κ1) is 20.3. The zero-order chi connectivity index (χ0) is 21.0. The molecule has 10 nitrogen and oxygen atoms in total. The van der Waals surface area contributed by atoms with Gasteiger partial charge in [-0.15, -0.1) is 0 Å². The largest absolute Gasteiger partial charge is 0.397 e. The third-order valence-electron chi connectivity index (χ3n) is 4.60. The lowest BCUT2D eigenvalue weighted by Crippen LogP contribution is -2.48. The molecule has 3 heterocycles. The van der Waals surface area contributed by atoms with Crippen LogP contribution in [0.3, 0.4) is 0 Å². The van der Waals surface area contributed by atoms with Crippen molar-refractivity contribution in [3.63, 3.8) is 0 Å². The number of guanidine groups is 1. The number of rotatable bonds is 6. The number of nitrogens with two attached hydrogens (primary N) is 1. The number of hydrogen-bond donors (Lipinski definition) is 5. The Hall–Kier alpha value is -3.43. The van der Waals surface area contributed by atoms with Gasteiger partial charge in [-0.05, 0) is 25.5 Å². The number of nitrogen functional groups attached to an aromatic ring is 1. The molecule has 29 heavy (non-hydrogen) atoms. The number of nitrogens with zero attached hydrogens (tertiary/aromatic N) is 3. The number of amides is 2. The molecule has 0 aromatic carbocycles. The van der Waals surface area contributed by atoms with Gasteiger partial charge in [0, 0.05) is 52.2 Å². The summed E-state index contributed by atoms with van der Waals surface area (Å²) in [6, 6.07) is 3.27. The molecule has 1 unspecified atom stereocenters. The Morgan fingerprint density at radius 3 is 2.59 bits per heavy atom. The van der Waals surface area contributed by atoms with Crippen molar-refractivity contribution in [3.05, 3.63) is 35.9 Å². The molecule has 156 valence electrons. The van der Waals surface area contributed by atoms with Crippen LogP contribution in [0.5, 0.6) is 0 Å². The van der Waals surface area contributed by atoms with Crippen LogP contribution in [0.4, 0.5) is 11.4 Å². The molecule has 1 aliphatic rings. The van der Waals surface area contributed by atoms with E-state index in [0.29, 0.717) is 29.3 Å². The standard InChI is InChI=1S/C19H28N8O2/c1-12(24-19-21-5-4-6-22-19)9-23-17(28)16-8-14(11-27(16)3)25-18(29)15-7-13(20)10-26(15)2/h7-8,10-12H,4-6,9,20H2,1-3H3,(H,23,28)(H,25,29)(H2,21,22,24). The topological polar surface area (TPSA) is 130 Å². The smallest absolute Gasteiger partial charge is 0.272 e. The van der Waals surface area contributed by atoms with Gasteiger partial charge in [-0.25, -0.2) is 0 Å². The molecule has 0 spiro atoms. The SMILES string of the molecule is CC(CNC(=O)c1cc(NC(=O)c2cc(N)cn2C)cn1C)NC1=NCCCN1. The van der Waals surface area contributed by atoms with Gasteiger partial charge < -0.3 is 36.1 Å². The van der Waals surface area contributed by atoms with E-state index in [2.05, 4.69) is 26.3 Å². The van der Waals surface area contributed by atoms with Gasteiger partial charge in [0.25, 0.3) is 11.8 Å². The van der Waals surface area contributed by atoms with Crippen molar-refractivity contribution in [2.24, 2.45) is 19.1 Å². The van der Waals surface area contributed by atoms with Crippen molar-refractivity contribution >= 4 is 29.1 Å². The van der Waals surface area contributed by atoms with Crippen LogP contribution in [-0.2, 0) is 14.1 Å². The van der Waals surface area contributed by atoms with Gasteiger partial charge in [0.05, 0.1) is 11.4 Å². The zero-order valence-electron chi connectivity index (χ0n) is 17.0. The molecule has 1 aliphatic heterocycles. The number of aromatic nitrogens is 2. The molecular weight excluding hydrogens is 372 g/mol. The van der Waals surface area contributed by atoms with Crippen molar-refractivity contribution in [1.29, 1.82) is 0 Å². The van der Waals surface area contributed by atoms with Gasteiger partial charge >= 0.3 is 0 Å². The van der Waals surface area contributed by atoms with E-state index in [1.807, 2.05) is 6.92 Å². The van der Waals surface area contributed by atoms with Gasteiger partial charge in [-0.3, -0.25) is 14.6 Å². The van der Waals surface area contributed by atoms with Gasteiger partial charge in [0.15, 0.2) is 5.96 Å². The number of anilines is 2. The molecule has 10 heteroatoms. The van der Waals surface area contributed by atoms with Crippen LogP contribution in [0.1, 0.15) is 34.3 Å². The van der Waals surface area contributed by atoms with E-state index in [1.54, 1.807) is 47.8 Å². The first-order chi connectivity index (χ1) is 13.8. The highest BCUT2D eigenvalue weighted by molar-refractivity contribution is 6.04. The molecule has 0 radical (unpaired) electrons. The van der Waals surface area contributed by atoms with Crippen LogP contribution in [-0.4, -0.2) is 52.6 Å². The Kier molecular flexibility index (Phi) is 6.10. The number of hydrogen-bond acceptors (Lipinski definition) is 6. The molecule has 3 rings (SSSR count). The molecule has 2 amide bonds. The normalized spacial score (nSPS) is 14.5. The first-order valence-corrected chi connectivity index (χ1v) is 9.56. The molecule has 1 atom stereocenters. The Balaban J connectivity index is 1.56. The van der Waals surface area contributed by atoms with E-state index in [0.717, 1.165) is 25.5 Å². The Morgan fingerprint density at radius 2 is 1.93 bits per heavy atom. The predicted octanol–water partition coefficient (Wildman–Crippen LogP) is 0.255. The summed E-state index contributed by atoms with van der Waals surface area (Å²) in [5, 5.41) is 12.1. The molecule has 6 N–H and O–H groups in total. The summed E-state index contributed by atoms with van der Waals surface area (Å²) in [5.41, 5.74) is 7.67. The Morgan fingerprint density at radius 1 is 1.21 bits per heavy atom. The fraction of sp³-hybridized carbons (Fsp3) is 0.421. The monoisotopic (exact) mass is 400 g/mol. The maximum absolute atomic E-state index is 12.5. The number of carbonyl (C=O) groups is 2. The van der Waals surface area contributed by atoms with Gasteiger partial charge in [-0.2, -0.15) is 0 Å². The van der Waals surface area contributed by atoms with Crippen molar-refractivity contribution in [1.82, 2.24) is 25.1 Å². The molecule has 0 saturated carbocycles. The van der Waals surface area contributed by atoms with Crippen molar-refractivity contribution < 1.29 is 9.59 Å². The van der Waals surface area contributed by atoms with E-state index in [1.165, 1.54) is 0 Å². The highest BCUT2D eigenvalue weighted by atomic mass is 16.2. The number of aliphatic imine (C=N–C) groups is 1. The lowest BCUT2D eigenvalue weighted by atomic mass is 10.3. The maximum atomic E-state index is 12.5. The van der Waals surface area contributed by atoms with Crippen LogP contribution in [0.15, 0.2) is 29.5 Å². The summed E-state index contributed by atoms with van der Waals surface area (Å²) in [6.07, 6.45) is 4.39. The fourth-order valence-corrected chi connectivity index (χ4v) is 3.12. The van der Waals surface area contributed by atoms with Crippen LogP contribution in [0.2, 0.25) is 0 Å². The summed E-state index contributed by atoms with van der Waals surface area (Å²) in [6.45, 7) is 4.12. The highest BCUT2D eigenvalue weighted by Crippen LogP contribution is 2.16. The van der Waals surface area contributed by atoms with Crippen molar-refractivity contribution in [2.75, 3.05) is 30.7 Å². The third kappa shape index (κ3) is 5.09. The van der Waals surface area contributed by atoms with Crippen LogP contribution in [0, 0.1) is 0 Å². The average Bonchev–Trinajstić information content (AvgIpc) is 3.21. The Labute approximate surface area is 169 Å². The minimum Gasteiger partial charge on any atom is -0.397 e. The molecule has 2 aromatic rings. The minimum atomic E-state index is -0.291. The van der Waals surface area contributed by atoms with Gasteiger partial charge in [0.2, 0.25) is 0 Å². The summed E-state index contributed by atoms with van der Waals surface area (Å²) in [5.74, 6) is 0.256. The number of carbonyl (C=O) groups excluding carboxylic acids is 2. The summed E-state index contributed by atoms with van der Waals surface area (Å²) < 4.78 is 3.33. The molecule has 2 aromatic heterocycles. The third-order valence-corrected chi connectivity index (χ3v) is 4.60. The zero-order valence-corrected chi connectivity index (χ0v) is 17.0. The summed E-state index contributed by atoms with van der Waals surface area (Å²) in [7, 11) is 3.51. The van der Waals surface area contributed by atoms with Crippen molar-refractivity contribution in [2.45, 2.75) is 19.4 Å². The minimum absolute atomic E-state index is 0.0190. The summed E-state index contributed by atoms with van der Waals surface area (Å²) in [4.78, 5) is 29.3. The van der Waals surface area contributed by atoms with E-state index >= 15 is 0 Å². The van der Waals surface area contributed by atoms with Gasteiger partial charge in [-0.1, -0.05) is 0 Å². The first-order valence-electron chi connectivity index (χ1n) is 9.56. The second-order valence-electron chi connectivity index (χ2n) is 7.21. The molecule has 0 aliphatic carbocycles. The predicted molar refractivity (Wildman–Crippen MR) is 113 cm³/mol. The summed E-state index contributed by atoms with van der Waals surface area (Å²) >= 11 is 0.